The topological polar surface area (TPSA) is 49.4 Å². The molecule has 1 aliphatic heterocycles. The van der Waals surface area contributed by atoms with Gasteiger partial charge in [0.15, 0.2) is 0 Å². The van der Waals surface area contributed by atoms with E-state index in [1.807, 2.05) is 25.7 Å². The van der Waals surface area contributed by atoms with Crippen LogP contribution in [-0.4, -0.2) is 35.3 Å². The number of nitrogens with one attached hydrogen (secondary N) is 1. The van der Waals surface area contributed by atoms with Crippen LogP contribution >= 0.6 is 0 Å². The molecule has 0 aromatic heterocycles. The van der Waals surface area contributed by atoms with Crippen molar-refractivity contribution in [2.45, 2.75) is 65.0 Å². The number of carbonyl (C=O) groups excluding carboxylic acids is 2. The van der Waals surface area contributed by atoms with Crippen molar-refractivity contribution in [3.8, 4) is 0 Å². The minimum Gasteiger partial charge on any atom is -0.343 e. The molecule has 0 spiro atoms. The normalized spacial score (nSPS) is 29.2. The van der Waals surface area contributed by atoms with Crippen LogP contribution in [0.1, 0.15) is 52.9 Å². The highest BCUT2D eigenvalue weighted by Gasteiger charge is 2.42. The van der Waals surface area contributed by atoms with E-state index in [-0.39, 0.29) is 29.8 Å². The van der Waals surface area contributed by atoms with Gasteiger partial charge in [-0.3, -0.25) is 9.59 Å². The molecular formula is C15H26N2O2. The van der Waals surface area contributed by atoms with Crippen molar-refractivity contribution in [1.82, 2.24) is 10.2 Å². The van der Waals surface area contributed by atoms with Crippen LogP contribution in [0, 0.1) is 11.8 Å². The van der Waals surface area contributed by atoms with Gasteiger partial charge in [-0.1, -0.05) is 33.6 Å². The second kappa shape index (κ2) is 5.93. The Kier molecular flexibility index (Phi) is 4.48. The molecule has 1 heterocycles. The van der Waals surface area contributed by atoms with Crippen LogP contribution in [0.5, 0.6) is 0 Å². The Morgan fingerprint density at radius 1 is 1.26 bits per heavy atom. The molecule has 2 unspecified atom stereocenters. The number of rotatable bonds is 4. The Morgan fingerprint density at radius 3 is 2.42 bits per heavy atom. The third-order valence-corrected chi connectivity index (χ3v) is 4.47. The average molecular weight is 266 g/mol. The van der Waals surface area contributed by atoms with Crippen LogP contribution < -0.4 is 5.32 Å². The molecule has 0 aromatic rings. The first-order valence-corrected chi connectivity index (χ1v) is 7.65. The number of amides is 2. The second-order valence-electron chi connectivity index (χ2n) is 6.30. The zero-order chi connectivity index (χ0) is 14.0. The van der Waals surface area contributed by atoms with Gasteiger partial charge in [0.1, 0.15) is 12.1 Å². The Balaban J connectivity index is 2.15. The molecule has 4 nitrogen and oxygen atoms in total. The summed E-state index contributed by atoms with van der Waals surface area (Å²) in [5.74, 6) is 0.906. The molecular weight excluding hydrogens is 240 g/mol. The van der Waals surface area contributed by atoms with Gasteiger partial charge in [0.2, 0.25) is 11.8 Å². The minimum atomic E-state index is -0.316. The Morgan fingerprint density at radius 2 is 1.89 bits per heavy atom. The zero-order valence-corrected chi connectivity index (χ0v) is 12.3. The predicted octanol–water partition coefficient (Wildman–Crippen LogP) is 1.94. The smallest absolute Gasteiger partial charge is 0.245 e. The molecule has 2 aliphatic rings. The summed E-state index contributed by atoms with van der Waals surface area (Å²) in [6.07, 6.45) is 5.61. The molecule has 1 N–H and O–H groups in total. The van der Waals surface area contributed by atoms with Crippen LogP contribution in [0.15, 0.2) is 0 Å². The molecule has 1 saturated heterocycles. The van der Waals surface area contributed by atoms with Crippen molar-refractivity contribution in [1.29, 1.82) is 0 Å². The molecule has 2 atom stereocenters. The molecule has 2 fully saturated rings. The second-order valence-corrected chi connectivity index (χ2v) is 6.30. The van der Waals surface area contributed by atoms with Crippen LogP contribution in [0.2, 0.25) is 0 Å². The molecule has 0 radical (unpaired) electrons. The van der Waals surface area contributed by atoms with Crippen LogP contribution in [-0.2, 0) is 9.59 Å². The number of hydrogen-bond donors (Lipinski definition) is 1. The van der Waals surface area contributed by atoms with Gasteiger partial charge < -0.3 is 10.2 Å². The maximum absolute atomic E-state index is 12.5. The van der Waals surface area contributed by atoms with Crippen molar-refractivity contribution >= 4 is 11.8 Å². The highest BCUT2D eigenvalue weighted by atomic mass is 16.2. The number of nitrogens with zero attached hydrogens (tertiary/aromatic N) is 1. The molecule has 0 bridgehead atoms. The molecule has 4 heteroatoms. The first kappa shape index (κ1) is 14.4. The molecule has 108 valence electrons. The van der Waals surface area contributed by atoms with E-state index >= 15 is 0 Å². The van der Waals surface area contributed by atoms with Crippen molar-refractivity contribution < 1.29 is 9.59 Å². The van der Waals surface area contributed by atoms with E-state index in [0.717, 1.165) is 6.54 Å². The van der Waals surface area contributed by atoms with Gasteiger partial charge in [-0.05, 0) is 31.1 Å². The summed E-state index contributed by atoms with van der Waals surface area (Å²) in [5.41, 5.74) is 0. The van der Waals surface area contributed by atoms with Crippen molar-refractivity contribution in [2.75, 3.05) is 6.54 Å². The maximum Gasteiger partial charge on any atom is 0.245 e. The number of carbonyl (C=O) groups is 2. The van der Waals surface area contributed by atoms with E-state index in [2.05, 4.69) is 5.32 Å². The number of hydrogen-bond acceptors (Lipinski definition) is 2. The summed E-state index contributed by atoms with van der Waals surface area (Å²) in [7, 11) is 0. The monoisotopic (exact) mass is 266 g/mol. The molecule has 1 saturated carbocycles. The lowest BCUT2D eigenvalue weighted by Crippen LogP contribution is -2.65. The Labute approximate surface area is 115 Å². The molecule has 0 aromatic carbocycles. The largest absolute Gasteiger partial charge is 0.343 e. The molecule has 19 heavy (non-hydrogen) atoms. The van der Waals surface area contributed by atoms with Gasteiger partial charge in [0, 0.05) is 6.54 Å². The van der Waals surface area contributed by atoms with E-state index in [0.29, 0.717) is 12.3 Å². The van der Waals surface area contributed by atoms with Crippen LogP contribution in [0.3, 0.4) is 0 Å². The number of piperazine rings is 1. The average Bonchev–Trinajstić information content (AvgIpc) is 2.85. The Bertz CT molecular complexity index is 348. The van der Waals surface area contributed by atoms with Crippen molar-refractivity contribution in [3.05, 3.63) is 0 Å². The summed E-state index contributed by atoms with van der Waals surface area (Å²) in [4.78, 5) is 26.6. The van der Waals surface area contributed by atoms with Gasteiger partial charge in [0.05, 0.1) is 0 Å². The van der Waals surface area contributed by atoms with Crippen LogP contribution in [0.4, 0.5) is 0 Å². The fourth-order valence-corrected chi connectivity index (χ4v) is 3.41. The fourth-order valence-electron chi connectivity index (χ4n) is 3.41. The summed E-state index contributed by atoms with van der Waals surface area (Å²) < 4.78 is 0. The summed E-state index contributed by atoms with van der Waals surface area (Å²) in [5, 5.41) is 2.87. The highest BCUT2D eigenvalue weighted by molar-refractivity contribution is 5.97. The first-order chi connectivity index (χ1) is 9.04. The quantitative estimate of drug-likeness (QED) is 0.845. The summed E-state index contributed by atoms with van der Waals surface area (Å²) in [6, 6.07) is -0.597. The first-order valence-electron chi connectivity index (χ1n) is 7.65. The van der Waals surface area contributed by atoms with Gasteiger partial charge in [-0.2, -0.15) is 0 Å². The maximum atomic E-state index is 12.5. The minimum absolute atomic E-state index is 0.0273. The Hall–Kier alpha value is -1.06. The van der Waals surface area contributed by atoms with Gasteiger partial charge in [-0.25, -0.2) is 0 Å². The van der Waals surface area contributed by atoms with Gasteiger partial charge in [0.25, 0.3) is 0 Å². The predicted molar refractivity (Wildman–Crippen MR) is 74.5 cm³/mol. The molecule has 1 aliphatic carbocycles. The summed E-state index contributed by atoms with van der Waals surface area (Å²) in [6.45, 7) is 6.76. The van der Waals surface area contributed by atoms with E-state index in [4.69, 9.17) is 0 Å². The SMILES string of the molecule is CCC1NC(=O)C(C(C)C)N(CC2CCCC2)C1=O. The third-order valence-electron chi connectivity index (χ3n) is 4.47. The van der Waals surface area contributed by atoms with E-state index in [1.54, 1.807) is 0 Å². The zero-order valence-electron chi connectivity index (χ0n) is 12.3. The lowest BCUT2D eigenvalue weighted by Gasteiger charge is -2.41. The lowest BCUT2D eigenvalue weighted by atomic mass is 9.94. The van der Waals surface area contributed by atoms with E-state index in [9.17, 15) is 9.59 Å². The van der Waals surface area contributed by atoms with Gasteiger partial charge >= 0.3 is 0 Å². The highest BCUT2D eigenvalue weighted by Crippen LogP contribution is 2.28. The van der Waals surface area contributed by atoms with Gasteiger partial charge in [-0.15, -0.1) is 0 Å². The standard InChI is InChI=1S/C15H26N2O2/c1-4-12-15(19)17(9-11-7-5-6-8-11)13(10(2)3)14(18)16-12/h10-13H,4-9H2,1-3H3,(H,16,18). The van der Waals surface area contributed by atoms with Crippen molar-refractivity contribution in [2.24, 2.45) is 11.8 Å². The molecule has 2 amide bonds. The van der Waals surface area contributed by atoms with E-state index < -0.39 is 0 Å². The fraction of sp³-hybridized carbons (Fsp3) is 0.867. The van der Waals surface area contributed by atoms with Crippen molar-refractivity contribution in [3.63, 3.8) is 0 Å². The third kappa shape index (κ3) is 2.93. The van der Waals surface area contributed by atoms with E-state index in [1.165, 1.54) is 25.7 Å². The van der Waals surface area contributed by atoms with Crippen LogP contribution in [0.25, 0.3) is 0 Å². The lowest BCUT2D eigenvalue weighted by molar-refractivity contribution is -0.152. The summed E-state index contributed by atoms with van der Waals surface area (Å²) >= 11 is 0. The molecule has 2 rings (SSSR count).